The van der Waals surface area contributed by atoms with Crippen molar-refractivity contribution >= 4 is 6.09 Å². The number of nitrogens with zero attached hydrogens (tertiary/aromatic N) is 1. The van der Waals surface area contributed by atoms with Gasteiger partial charge < -0.3 is 5.11 Å². The molecule has 1 atom stereocenters. The van der Waals surface area contributed by atoms with Gasteiger partial charge in [-0.15, -0.1) is 0 Å². The van der Waals surface area contributed by atoms with Gasteiger partial charge in [0.1, 0.15) is 0 Å². The molecule has 0 heterocycles. The lowest BCUT2D eigenvalue weighted by atomic mass is 9.87. The normalized spacial score (nSPS) is 13.2. The van der Waals surface area contributed by atoms with Crippen LogP contribution in [-0.4, -0.2) is 22.1 Å². The number of carboxylic acid groups (broad SMARTS) is 1. The zero-order valence-corrected chi connectivity index (χ0v) is 15.6. The number of unbranched alkanes of at least 4 members (excludes halogenated alkanes) is 1. The molecule has 1 amide bonds. The Morgan fingerprint density at radius 2 is 1.91 bits per heavy atom. The summed E-state index contributed by atoms with van der Waals surface area (Å²) in [6.07, 6.45) is 3.09. The monoisotopic (exact) mass is 319 g/mol. The minimum atomic E-state index is -0.826. The topological polar surface area (TPSA) is 40.5 Å². The summed E-state index contributed by atoms with van der Waals surface area (Å²) in [5.74, 6) is 0.436. The van der Waals surface area contributed by atoms with E-state index in [-0.39, 0.29) is 6.04 Å². The van der Waals surface area contributed by atoms with Crippen molar-refractivity contribution in [2.45, 2.75) is 84.7 Å². The fourth-order valence-corrected chi connectivity index (χ4v) is 3.22. The van der Waals surface area contributed by atoms with Gasteiger partial charge in [0.15, 0.2) is 0 Å². The number of hydrogen-bond acceptors (Lipinski definition) is 1. The summed E-state index contributed by atoms with van der Waals surface area (Å²) in [5, 5.41) is 9.88. The standard InChI is InChI=1S/C20H33NO2/c1-7-9-13-18(8-2)21(19(22)23)20(5,6)17-12-10-11-16(14-17)15(3)4/h10-12,14-15,18H,7-9,13H2,1-6H3,(H,22,23). The third-order valence-corrected chi connectivity index (χ3v) is 4.80. The van der Waals surface area contributed by atoms with Crippen LogP contribution in [0.2, 0.25) is 0 Å². The highest BCUT2D eigenvalue weighted by atomic mass is 16.4. The van der Waals surface area contributed by atoms with Crippen LogP contribution in [0, 0.1) is 0 Å². The van der Waals surface area contributed by atoms with E-state index in [1.54, 1.807) is 4.90 Å². The second-order valence-electron chi connectivity index (χ2n) is 7.20. The average molecular weight is 319 g/mol. The maximum atomic E-state index is 12.0. The molecule has 0 aliphatic rings. The first-order chi connectivity index (χ1) is 10.8. The summed E-state index contributed by atoms with van der Waals surface area (Å²) in [4.78, 5) is 13.7. The maximum absolute atomic E-state index is 12.0. The van der Waals surface area contributed by atoms with Crippen LogP contribution >= 0.6 is 0 Å². The van der Waals surface area contributed by atoms with E-state index in [0.717, 1.165) is 31.2 Å². The van der Waals surface area contributed by atoms with Crippen LogP contribution in [-0.2, 0) is 5.54 Å². The van der Waals surface area contributed by atoms with Crippen molar-refractivity contribution in [1.29, 1.82) is 0 Å². The second-order valence-corrected chi connectivity index (χ2v) is 7.20. The van der Waals surface area contributed by atoms with E-state index >= 15 is 0 Å². The van der Waals surface area contributed by atoms with Crippen molar-refractivity contribution in [2.24, 2.45) is 0 Å². The number of hydrogen-bond donors (Lipinski definition) is 1. The lowest BCUT2D eigenvalue weighted by Crippen LogP contribution is -2.50. The highest BCUT2D eigenvalue weighted by molar-refractivity contribution is 5.67. The van der Waals surface area contributed by atoms with Gasteiger partial charge in [-0.2, -0.15) is 0 Å². The maximum Gasteiger partial charge on any atom is 0.408 e. The third-order valence-electron chi connectivity index (χ3n) is 4.80. The zero-order valence-electron chi connectivity index (χ0n) is 15.6. The molecule has 0 aliphatic heterocycles. The molecule has 1 aromatic rings. The van der Waals surface area contributed by atoms with Crippen LogP contribution in [0.1, 0.15) is 84.3 Å². The lowest BCUT2D eigenvalue weighted by Gasteiger charge is -2.42. The molecule has 1 aromatic carbocycles. The van der Waals surface area contributed by atoms with Crippen molar-refractivity contribution in [3.63, 3.8) is 0 Å². The third kappa shape index (κ3) is 4.73. The van der Waals surface area contributed by atoms with Gasteiger partial charge in [0.05, 0.1) is 5.54 Å². The second kappa shape index (κ2) is 8.37. The number of carbonyl (C=O) groups is 1. The number of rotatable bonds is 8. The van der Waals surface area contributed by atoms with Crippen molar-refractivity contribution in [3.05, 3.63) is 35.4 Å². The van der Waals surface area contributed by atoms with Crippen LogP contribution < -0.4 is 0 Å². The Labute approximate surface area is 141 Å². The minimum absolute atomic E-state index is 0.0603. The predicted octanol–water partition coefficient (Wildman–Crippen LogP) is 5.99. The van der Waals surface area contributed by atoms with Crippen LogP contribution in [0.4, 0.5) is 4.79 Å². The molecule has 0 aliphatic carbocycles. The Bertz CT molecular complexity index is 508. The predicted molar refractivity (Wildman–Crippen MR) is 97.0 cm³/mol. The molecule has 1 N–H and O–H groups in total. The molecule has 1 unspecified atom stereocenters. The first-order valence-electron chi connectivity index (χ1n) is 8.88. The lowest BCUT2D eigenvalue weighted by molar-refractivity contribution is 0.0548. The van der Waals surface area contributed by atoms with Gasteiger partial charge in [-0.25, -0.2) is 4.79 Å². The van der Waals surface area contributed by atoms with Gasteiger partial charge in [-0.05, 0) is 43.7 Å². The SMILES string of the molecule is CCCCC(CC)N(C(=O)O)C(C)(C)c1cccc(C(C)C)c1. The Kier molecular flexibility index (Phi) is 7.11. The van der Waals surface area contributed by atoms with Crippen molar-refractivity contribution < 1.29 is 9.90 Å². The Hall–Kier alpha value is -1.51. The summed E-state index contributed by atoms with van der Waals surface area (Å²) in [6, 6.07) is 8.43. The summed E-state index contributed by atoms with van der Waals surface area (Å²) < 4.78 is 0. The molecule has 0 saturated carbocycles. The first-order valence-corrected chi connectivity index (χ1v) is 8.88. The van der Waals surface area contributed by atoms with Gasteiger partial charge in [0.2, 0.25) is 0 Å². The Morgan fingerprint density at radius 1 is 1.26 bits per heavy atom. The van der Waals surface area contributed by atoms with E-state index < -0.39 is 11.6 Å². The fraction of sp³-hybridized carbons (Fsp3) is 0.650. The molecule has 3 heteroatoms. The van der Waals surface area contributed by atoms with Crippen LogP contribution in [0.25, 0.3) is 0 Å². The molecule has 0 radical (unpaired) electrons. The zero-order chi connectivity index (χ0) is 17.6. The quantitative estimate of drug-likeness (QED) is 0.639. The van der Waals surface area contributed by atoms with Crippen LogP contribution in [0.15, 0.2) is 24.3 Å². The average Bonchev–Trinajstić information content (AvgIpc) is 2.50. The summed E-state index contributed by atoms with van der Waals surface area (Å²) in [6.45, 7) is 12.6. The van der Waals surface area contributed by atoms with E-state index in [0.29, 0.717) is 5.92 Å². The van der Waals surface area contributed by atoms with E-state index in [9.17, 15) is 9.90 Å². The van der Waals surface area contributed by atoms with E-state index in [2.05, 4.69) is 39.8 Å². The highest BCUT2D eigenvalue weighted by Crippen LogP contribution is 2.33. The van der Waals surface area contributed by atoms with Gasteiger partial charge in [-0.3, -0.25) is 4.90 Å². The van der Waals surface area contributed by atoms with Crippen molar-refractivity contribution in [1.82, 2.24) is 4.90 Å². The van der Waals surface area contributed by atoms with E-state index in [1.165, 1.54) is 5.56 Å². The van der Waals surface area contributed by atoms with E-state index in [1.807, 2.05) is 26.0 Å². The van der Waals surface area contributed by atoms with Gasteiger partial charge in [0.25, 0.3) is 0 Å². The highest BCUT2D eigenvalue weighted by Gasteiger charge is 2.37. The Morgan fingerprint density at radius 3 is 2.39 bits per heavy atom. The molecule has 1 rings (SSSR count). The molecule has 0 fully saturated rings. The van der Waals surface area contributed by atoms with Crippen molar-refractivity contribution in [3.8, 4) is 0 Å². The first kappa shape index (κ1) is 19.5. The molecule has 3 nitrogen and oxygen atoms in total. The molecule has 0 spiro atoms. The molecular formula is C20H33NO2. The largest absolute Gasteiger partial charge is 0.465 e. The summed E-state index contributed by atoms with van der Waals surface area (Å²) in [7, 11) is 0. The van der Waals surface area contributed by atoms with Gasteiger partial charge in [0, 0.05) is 6.04 Å². The molecule has 0 saturated heterocycles. The molecule has 23 heavy (non-hydrogen) atoms. The van der Waals surface area contributed by atoms with E-state index in [4.69, 9.17) is 0 Å². The molecule has 0 bridgehead atoms. The number of amides is 1. The molecule has 130 valence electrons. The summed E-state index contributed by atoms with van der Waals surface area (Å²) in [5.41, 5.74) is 1.79. The fourth-order valence-electron chi connectivity index (χ4n) is 3.22. The van der Waals surface area contributed by atoms with Gasteiger partial charge in [-0.1, -0.05) is 64.8 Å². The summed E-state index contributed by atoms with van der Waals surface area (Å²) >= 11 is 0. The van der Waals surface area contributed by atoms with Crippen LogP contribution in [0.5, 0.6) is 0 Å². The Balaban J connectivity index is 3.22. The number of benzene rings is 1. The molecular weight excluding hydrogens is 286 g/mol. The minimum Gasteiger partial charge on any atom is -0.465 e. The van der Waals surface area contributed by atoms with Crippen molar-refractivity contribution in [2.75, 3.05) is 0 Å². The van der Waals surface area contributed by atoms with Gasteiger partial charge >= 0.3 is 6.09 Å². The molecule has 0 aromatic heterocycles. The van der Waals surface area contributed by atoms with Crippen LogP contribution in [0.3, 0.4) is 0 Å². The smallest absolute Gasteiger partial charge is 0.408 e.